The number of carbonyl (C=O) groups is 2. The zero-order valence-corrected chi connectivity index (χ0v) is 24.4. The van der Waals surface area contributed by atoms with Gasteiger partial charge in [0, 0.05) is 37.3 Å². The highest BCUT2D eigenvalue weighted by Crippen LogP contribution is 2.27. The predicted molar refractivity (Wildman–Crippen MR) is 158 cm³/mol. The van der Waals surface area contributed by atoms with Gasteiger partial charge in [0.2, 0.25) is 5.91 Å². The second-order valence-corrected chi connectivity index (χ2v) is 11.1. The van der Waals surface area contributed by atoms with Crippen molar-refractivity contribution >= 4 is 17.6 Å². The first-order valence-corrected chi connectivity index (χ1v) is 14.0. The van der Waals surface area contributed by atoms with Crippen LogP contribution in [0.4, 0.5) is 5.82 Å². The van der Waals surface area contributed by atoms with Crippen molar-refractivity contribution in [3.8, 4) is 5.69 Å². The van der Waals surface area contributed by atoms with E-state index in [9.17, 15) is 9.59 Å². The van der Waals surface area contributed by atoms with Crippen LogP contribution in [-0.4, -0.2) is 53.3 Å². The fraction of sp³-hybridized carbons (Fsp3) is 0.469. The Kier molecular flexibility index (Phi) is 10.9. The molecule has 7 heteroatoms. The van der Waals surface area contributed by atoms with E-state index in [0.717, 1.165) is 29.8 Å². The summed E-state index contributed by atoms with van der Waals surface area (Å²) < 4.78 is 6.98. The SMILES string of the molecule is CCCCCc1ccc(C(=O)N(CCCOC)CC(=O)Nc2cc(C(C)(C)C)nn2-c2ccccc2C)cc1. The Morgan fingerprint density at radius 3 is 2.38 bits per heavy atom. The third-order valence-electron chi connectivity index (χ3n) is 6.76. The third kappa shape index (κ3) is 8.52. The molecule has 3 aromatic rings. The number of anilines is 1. The van der Waals surface area contributed by atoms with E-state index < -0.39 is 0 Å². The highest BCUT2D eigenvalue weighted by atomic mass is 16.5. The highest BCUT2D eigenvalue weighted by Gasteiger charge is 2.24. The molecule has 7 nitrogen and oxygen atoms in total. The van der Waals surface area contributed by atoms with Gasteiger partial charge < -0.3 is 15.0 Å². The summed E-state index contributed by atoms with van der Waals surface area (Å²) in [5, 5.41) is 7.86. The maximum Gasteiger partial charge on any atom is 0.254 e. The summed E-state index contributed by atoms with van der Waals surface area (Å²) in [5.41, 5.74) is 4.43. The van der Waals surface area contributed by atoms with E-state index in [2.05, 4.69) is 33.0 Å². The molecule has 210 valence electrons. The lowest BCUT2D eigenvalue weighted by molar-refractivity contribution is -0.117. The van der Waals surface area contributed by atoms with Gasteiger partial charge in [0.15, 0.2) is 0 Å². The van der Waals surface area contributed by atoms with Crippen LogP contribution in [0.2, 0.25) is 0 Å². The molecular weight excluding hydrogens is 488 g/mol. The molecular formula is C32H44N4O3. The number of nitrogens with one attached hydrogen (secondary N) is 1. The first kappa shape index (κ1) is 30.1. The summed E-state index contributed by atoms with van der Waals surface area (Å²) in [7, 11) is 1.63. The number of para-hydroxylation sites is 1. The van der Waals surface area contributed by atoms with Gasteiger partial charge in [-0.05, 0) is 55.5 Å². The predicted octanol–water partition coefficient (Wildman–Crippen LogP) is 6.33. The molecule has 0 unspecified atom stereocenters. The molecule has 1 aromatic heterocycles. The summed E-state index contributed by atoms with van der Waals surface area (Å²) in [6, 6.07) is 17.6. The molecule has 39 heavy (non-hydrogen) atoms. The van der Waals surface area contributed by atoms with E-state index in [-0.39, 0.29) is 23.8 Å². The van der Waals surface area contributed by atoms with Gasteiger partial charge in [0.1, 0.15) is 12.4 Å². The summed E-state index contributed by atoms with van der Waals surface area (Å²) in [6.07, 6.45) is 5.16. The summed E-state index contributed by atoms with van der Waals surface area (Å²) in [6.45, 7) is 11.3. The number of benzene rings is 2. The minimum absolute atomic E-state index is 0.0649. The minimum Gasteiger partial charge on any atom is -0.385 e. The normalized spacial score (nSPS) is 11.4. The number of aromatic nitrogens is 2. The number of hydrogen-bond donors (Lipinski definition) is 1. The Morgan fingerprint density at radius 2 is 1.74 bits per heavy atom. The van der Waals surface area contributed by atoms with Crippen molar-refractivity contribution in [2.24, 2.45) is 0 Å². The lowest BCUT2D eigenvalue weighted by Crippen LogP contribution is -2.39. The number of rotatable bonds is 13. The maximum atomic E-state index is 13.5. The molecule has 1 heterocycles. The molecule has 1 N–H and O–H groups in total. The summed E-state index contributed by atoms with van der Waals surface area (Å²) >= 11 is 0. The first-order valence-electron chi connectivity index (χ1n) is 14.0. The van der Waals surface area contributed by atoms with Crippen LogP contribution in [0.3, 0.4) is 0 Å². The number of aryl methyl sites for hydroxylation is 2. The number of carbonyl (C=O) groups excluding carboxylic acids is 2. The molecule has 0 saturated carbocycles. The lowest BCUT2D eigenvalue weighted by atomic mass is 9.92. The average molecular weight is 533 g/mol. The molecule has 0 aliphatic rings. The maximum absolute atomic E-state index is 13.5. The molecule has 0 aliphatic carbocycles. The van der Waals surface area contributed by atoms with E-state index in [1.54, 1.807) is 16.7 Å². The Morgan fingerprint density at radius 1 is 1.03 bits per heavy atom. The number of ether oxygens (including phenoxy) is 1. The van der Waals surface area contributed by atoms with Gasteiger partial charge in [-0.1, -0.05) is 70.9 Å². The molecule has 0 fully saturated rings. The van der Waals surface area contributed by atoms with Crippen LogP contribution in [0, 0.1) is 6.92 Å². The number of amides is 2. The van der Waals surface area contributed by atoms with Gasteiger partial charge in [-0.2, -0.15) is 5.10 Å². The quantitative estimate of drug-likeness (QED) is 0.261. The summed E-state index contributed by atoms with van der Waals surface area (Å²) in [4.78, 5) is 28.4. The van der Waals surface area contributed by atoms with Gasteiger partial charge in [-0.3, -0.25) is 9.59 Å². The second-order valence-electron chi connectivity index (χ2n) is 11.1. The van der Waals surface area contributed by atoms with Crippen molar-refractivity contribution in [3.63, 3.8) is 0 Å². The molecule has 3 rings (SSSR count). The Balaban J connectivity index is 1.80. The Labute approximate surface area is 233 Å². The topological polar surface area (TPSA) is 76.5 Å². The lowest BCUT2D eigenvalue weighted by Gasteiger charge is -2.22. The zero-order chi connectivity index (χ0) is 28.4. The molecule has 2 aromatic carbocycles. The van der Waals surface area contributed by atoms with Crippen LogP contribution >= 0.6 is 0 Å². The summed E-state index contributed by atoms with van der Waals surface area (Å²) in [5.74, 6) is 0.149. The van der Waals surface area contributed by atoms with Crippen molar-refractivity contribution in [2.75, 3.05) is 32.1 Å². The molecule has 2 amide bonds. The van der Waals surface area contributed by atoms with Crippen molar-refractivity contribution in [1.29, 1.82) is 0 Å². The molecule has 0 aliphatic heterocycles. The van der Waals surface area contributed by atoms with E-state index in [1.165, 1.54) is 18.4 Å². The van der Waals surface area contributed by atoms with Crippen LogP contribution in [0.25, 0.3) is 5.69 Å². The van der Waals surface area contributed by atoms with Gasteiger partial charge >= 0.3 is 0 Å². The van der Waals surface area contributed by atoms with Crippen LogP contribution in [0.5, 0.6) is 0 Å². The molecule has 0 bridgehead atoms. The highest BCUT2D eigenvalue weighted by molar-refractivity contribution is 5.99. The van der Waals surface area contributed by atoms with Gasteiger partial charge in [0.25, 0.3) is 5.91 Å². The Hall–Kier alpha value is -3.45. The fourth-order valence-electron chi connectivity index (χ4n) is 4.40. The molecule has 0 atom stereocenters. The van der Waals surface area contributed by atoms with Gasteiger partial charge in [0.05, 0.1) is 11.4 Å². The number of hydrogen-bond acceptors (Lipinski definition) is 4. The first-order chi connectivity index (χ1) is 18.6. The Bertz CT molecular complexity index is 1220. The van der Waals surface area contributed by atoms with E-state index >= 15 is 0 Å². The van der Waals surface area contributed by atoms with E-state index in [4.69, 9.17) is 9.84 Å². The monoisotopic (exact) mass is 532 g/mol. The number of unbranched alkanes of at least 4 members (excludes halogenated alkanes) is 2. The average Bonchev–Trinajstić information content (AvgIpc) is 3.32. The largest absolute Gasteiger partial charge is 0.385 e. The molecule has 0 spiro atoms. The van der Waals surface area contributed by atoms with Crippen LogP contribution < -0.4 is 5.32 Å². The standard InChI is InChI=1S/C32H44N4O3/c1-7-8-9-14-25-16-18-26(19-17-25)31(38)35(20-12-21-39-6)23-30(37)33-29-22-28(32(3,4)5)34-36(29)27-15-11-10-13-24(27)2/h10-11,13,15-19,22H,7-9,12,14,20-21,23H2,1-6H3,(H,33,37). The third-order valence-corrected chi connectivity index (χ3v) is 6.76. The van der Waals surface area contributed by atoms with Crippen molar-refractivity contribution in [2.45, 2.75) is 72.1 Å². The van der Waals surface area contributed by atoms with Crippen LogP contribution in [0.1, 0.15) is 80.6 Å². The van der Waals surface area contributed by atoms with Crippen molar-refractivity contribution in [3.05, 3.63) is 77.0 Å². The molecule has 0 radical (unpaired) electrons. The molecule has 0 saturated heterocycles. The number of nitrogens with zero attached hydrogens (tertiary/aromatic N) is 3. The minimum atomic E-state index is -0.271. The van der Waals surface area contributed by atoms with E-state index in [1.807, 2.05) is 61.5 Å². The fourth-order valence-corrected chi connectivity index (χ4v) is 4.40. The number of methoxy groups -OCH3 is 1. The zero-order valence-electron chi connectivity index (χ0n) is 24.4. The van der Waals surface area contributed by atoms with Crippen molar-refractivity contribution < 1.29 is 14.3 Å². The second kappa shape index (κ2) is 14.1. The van der Waals surface area contributed by atoms with E-state index in [0.29, 0.717) is 31.0 Å². The van der Waals surface area contributed by atoms with Crippen LogP contribution in [-0.2, 0) is 21.4 Å². The van der Waals surface area contributed by atoms with Crippen molar-refractivity contribution in [1.82, 2.24) is 14.7 Å². The van der Waals surface area contributed by atoms with Gasteiger partial charge in [-0.15, -0.1) is 0 Å². The smallest absolute Gasteiger partial charge is 0.254 e. The van der Waals surface area contributed by atoms with Crippen LogP contribution in [0.15, 0.2) is 54.6 Å². The van der Waals surface area contributed by atoms with Gasteiger partial charge in [-0.25, -0.2) is 4.68 Å².